The molecule has 0 bridgehead atoms. The number of aromatic amines is 1. The lowest BCUT2D eigenvalue weighted by Crippen LogP contribution is -2.48. The van der Waals surface area contributed by atoms with Crippen LogP contribution in [0.4, 0.5) is 11.8 Å². The largest absolute Gasteiger partial charge is 0.454 e. The molecule has 4 aromatic rings. The number of nitrogens with one attached hydrogen (secondary N) is 3. The molecule has 2 saturated heterocycles. The second-order valence-corrected chi connectivity index (χ2v) is 9.87. The van der Waals surface area contributed by atoms with Crippen molar-refractivity contribution in [2.24, 2.45) is 0 Å². The Balaban J connectivity index is 1.38. The summed E-state index contributed by atoms with van der Waals surface area (Å²) < 4.78 is 6.53. The monoisotopic (exact) mass is 526 g/mol. The molecule has 0 radical (unpaired) electrons. The number of hydrogen-bond acceptors (Lipinski definition) is 8. The van der Waals surface area contributed by atoms with Gasteiger partial charge in [0.15, 0.2) is 5.75 Å². The maximum atomic E-state index is 12.1. The molecule has 0 saturated carbocycles. The molecule has 2 aliphatic rings. The number of aryl methyl sites for hydroxylation is 1. The zero-order valence-electron chi connectivity index (χ0n) is 21.7. The number of fused-ring (bicyclic) bond motifs is 2. The lowest BCUT2D eigenvalue weighted by Gasteiger charge is -2.35. The predicted molar refractivity (Wildman–Crippen MR) is 149 cm³/mol. The van der Waals surface area contributed by atoms with Crippen LogP contribution in [-0.2, 0) is 9.59 Å². The fraction of sp³-hybridized carbons (Fsp3) is 0.321. The lowest BCUT2D eigenvalue weighted by molar-refractivity contribution is -0.126. The van der Waals surface area contributed by atoms with Crippen molar-refractivity contribution in [2.75, 3.05) is 42.9 Å². The van der Waals surface area contributed by atoms with Crippen molar-refractivity contribution in [3.8, 4) is 11.5 Å². The van der Waals surface area contributed by atoms with E-state index in [9.17, 15) is 9.59 Å². The van der Waals surface area contributed by atoms with E-state index in [1.807, 2.05) is 37.3 Å². The molecular weight excluding hydrogens is 496 g/mol. The number of benzene rings is 2. The van der Waals surface area contributed by atoms with E-state index in [0.29, 0.717) is 62.1 Å². The van der Waals surface area contributed by atoms with Crippen molar-refractivity contribution >= 4 is 45.4 Å². The summed E-state index contributed by atoms with van der Waals surface area (Å²) in [6.07, 6.45) is 4.41. The van der Waals surface area contributed by atoms with E-state index < -0.39 is 0 Å². The van der Waals surface area contributed by atoms with Crippen molar-refractivity contribution in [2.45, 2.75) is 25.8 Å². The summed E-state index contributed by atoms with van der Waals surface area (Å²) in [4.78, 5) is 37.5. The van der Waals surface area contributed by atoms with E-state index in [0.717, 1.165) is 34.1 Å². The Morgan fingerprint density at radius 2 is 2.03 bits per heavy atom. The Hall–Kier alpha value is -4.67. The number of carbonyl (C=O) groups is 2. The molecule has 3 N–H and O–H groups in total. The van der Waals surface area contributed by atoms with Gasteiger partial charge in [-0.05, 0) is 43.2 Å². The minimum atomic E-state index is -0.0670. The minimum Gasteiger partial charge on any atom is -0.454 e. The van der Waals surface area contributed by atoms with Gasteiger partial charge in [0.1, 0.15) is 17.1 Å². The topological polar surface area (TPSA) is 128 Å². The summed E-state index contributed by atoms with van der Waals surface area (Å²) in [6.45, 7) is 8.54. The Labute approximate surface area is 225 Å². The fourth-order valence-corrected chi connectivity index (χ4v) is 5.17. The lowest BCUT2D eigenvalue weighted by atomic mass is 10.1. The van der Waals surface area contributed by atoms with Crippen LogP contribution in [0.3, 0.4) is 0 Å². The molecule has 2 aromatic carbocycles. The Morgan fingerprint density at radius 1 is 1.18 bits per heavy atom. The molecule has 11 nitrogen and oxygen atoms in total. The molecule has 1 atom stereocenters. The van der Waals surface area contributed by atoms with E-state index in [-0.39, 0.29) is 17.9 Å². The highest BCUT2D eigenvalue weighted by atomic mass is 16.5. The quantitative estimate of drug-likeness (QED) is 0.314. The van der Waals surface area contributed by atoms with Gasteiger partial charge in [0.2, 0.25) is 17.8 Å². The molecule has 200 valence electrons. The van der Waals surface area contributed by atoms with E-state index >= 15 is 0 Å². The van der Waals surface area contributed by atoms with Crippen LogP contribution in [0.25, 0.3) is 21.8 Å². The molecule has 6 rings (SSSR count). The van der Waals surface area contributed by atoms with Crippen LogP contribution in [-0.4, -0.2) is 75.6 Å². The van der Waals surface area contributed by atoms with Gasteiger partial charge in [-0.15, -0.1) is 0 Å². The third kappa shape index (κ3) is 4.83. The van der Waals surface area contributed by atoms with Crippen LogP contribution < -0.4 is 20.3 Å². The standard InChI is InChI=1S/C28H30N8O3/c1-3-24(38)35-11-13-36(14-12-35)27-19-5-4-6-22(39-26-17(2)7-9-21-20(26)16-30-34-21)25(19)32-28(33-27)29-15-18-8-10-23(37)31-18/h3-7,9,16,18H,1,8,10-15H2,2H3,(H,30,34)(H,31,37)(H,29,32,33). The van der Waals surface area contributed by atoms with Crippen LogP contribution in [0.5, 0.6) is 11.5 Å². The molecule has 0 spiro atoms. The molecule has 2 fully saturated rings. The van der Waals surface area contributed by atoms with Crippen LogP contribution in [0.1, 0.15) is 18.4 Å². The molecule has 2 aromatic heterocycles. The van der Waals surface area contributed by atoms with E-state index in [4.69, 9.17) is 14.7 Å². The number of nitrogens with zero attached hydrogens (tertiary/aromatic N) is 5. The van der Waals surface area contributed by atoms with Crippen LogP contribution in [0.2, 0.25) is 0 Å². The van der Waals surface area contributed by atoms with Gasteiger partial charge in [-0.25, -0.2) is 4.98 Å². The highest BCUT2D eigenvalue weighted by Crippen LogP contribution is 2.38. The summed E-state index contributed by atoms with van der Waals surface area (Å²) in [5, 5.41) is 15.2. The van der Waals surface area contributed by atoms with E-state index in [1.165, 1.54) is 6.08 Å². The zero-order chi connectivity index (χ0) is 26.9. The summed E-state index contributed by atoms with van der Waals surface area (Å²) in [5.74, 6) is 2.54. The molecule has 0 aliphatic carbocycles. The third-order valence-corrected chi connectivity index (χ3v) is 7.31. The van der Waals surface area contributed by atoms with Gasteiger partial charge in [-0.3, -0.25) is 14.7 Å². The number of rotatable bonds is 7. The Morgan fingerprint density at radius 3 is 2.79 bits per heavy atom. The maximum absolute atomic E-state index is 12.1. The summed E-state index contributed by atoms with van der Waals surface area (Å²) in [7, 11) is 0. The predicted octanol–water partition coefficient (Wildman–Crippen LogP) is 3.13. The molecule has 39 heavy (non-hydrogen) atoms. The number of para-hydroxylation sites is 1. The first kappa shape index (κ1) is 24.7. The maximum Gasteiger partial charge on any atom is 0.246 e. The molecule has 2 amide bonds. The Bertz CT molecular complexity index is 1570. The first-order valence-corrected chi connectivity index (χ1v) is 13.1. The minimum absolute atomic E-state index is 0.0292. The number of amides is 2. The highest BCUT2D eigenvalue weighted by molar-refractivity contribution is 5.95. The first-order valence-electron chi connectivity index (χ1n) is 13.1. The van der Waals surface area contributed by atoms with Crippen molar-refractivity contribution < 1.29 is 14.3 Å². The molecule has 4 heterocycles. The van der Waals surface area contributed by atoms with Gasteiger partial charge in [-0.2, -0.15) is 10.1 Å². The number of hydrogen-bond donors (Lipinski definition) is 3. The molecular formula is C28H30N8O3. The Kier molecular flexibility index (Phi) is 6.47. The SMILES string of the molecule is C=CC(=O)N1CCN(c2nc(NCC3CCC(=O)N3)nc3c(Oc4c(C)ccc5[nH]ncc45)cccc23)CC1. The van der Waals surface area contributed by atoms with Gasteiger partial charge >= 0.3 is 0 Å². The van der Waals surface area contributed by atoms with Crippen LogP contribution in [0.15, 0.2) is 49.2 Å². The number of carbonyl (C=O) groups excluding carboxylic acids is 2. The number of H-pyrrole nitrogens is 1. The number of ether oxygens (including phenoxy) is 1. The average molecular weight is 527 g/mol. The summed E-state index contributed by atoms with van der Waals surface area (Å²) in [6, 6.07) is 9.84. The van der Waals surface area contributed by atoms with Crippen molar-refractivity contribution in [1.29, 1.82) is 0 Å². The summed E-state index contributed by atoms with van der Waals surface area (Å²) >= 11 is 0. The summed E-state index contributed by atoms with van der Waals surface area (Å²) in [5.41, 5.74) is 2.54. The van der Waals surface area contributed by atoms with Crippen molar-refractivity contribution in [1.82, 2.24) is 30.4 Å². The zero-order valence-corrected chi connectivity index (χ0v) is 21.7. The highest BCUT2D eigenvalue weighted by Gasteiger charge is 2.25. The van der Waals surface area contributed by atoms with Gasteiger partial charge in [0, 0.05) is 50.6 Å². The van der Waals surface area contributed by atoms with Crippen LogP contribution >= 0.6 is 0 Å². The van der Waals surface area contributed by atoms with Gasteiger partial charge in [0.25, 0.3) is 0 Å². The second-order valence-electron chi connectivity index (χ2n) is 9.87. The number of aromatic nitrogens is 4. The van der Waals surface area contributed by atoms with Gasteiger partial charge in [0.05, 0.1) is 17.1 Å². The van der Waals surface area contributed by atoms with E-state index in [2.05, 4.69) is 32.3 Å². The van der Waals surface area contributed by atoms with Crippen molar-refractivity contribution in [3.63, 3.8) is 0 Å². The van der Waals surface area contributed by atoms with E-state index in [1.54, 1.807) is 11.1 Å². The van der Waals surface area contributed by atoms with Gasteiger partial charge < -0.3 is 25.2 Å². The second kappa shape index (κ2) is 10.2. The van der Waals surface area contributed by atoms with Crippen LogP contribution in [0, 0.1) is 6.92 Å². The first-order chi connectivity index (χ1) is 19.0. The number of piperazine rings is 1. The third-order valence-electron chi connectivity index (χ3n) is 7.31. The number of anilines is 2. The molecule has 11 heteroatoms. The fourth-order valence-electron chi connectivity index (χ4n) is 5.17. The van der Waals surface area contributed by atoms with Gasteiger partial charge in [-0.1, -0.05) is 18.7 Å². The normalized spacial score (nSPS) is 17.5. The average Bonchev–Trinajstić information content (AvgIpc) is 3.61. The molecule has 1 unspecified atom stereocenters. The smallest absolute Gasteiger partial charge is 0.246 e. The molecule has 2 aliphatic heterocycles. The van der Waals surface area contributed by atoms with Crippen molar-refractivity contribution in [3.05, 3.63) is 54.7 Å².